The molecule has 0 radical (unpaired) electrons. The monoisotopic (exact) mass is 509 g/mol. The first-order valence-electron chi connectivity index (χ1n) is 9.76. The number of nitrogens with two attached hydrogens (primary N) is 1. The number of nitrogen functional groups attached to an aromatic ring is 1. The zero-order valence-electron chi connectivity index (χ0n) is 17.1. The van der Waals surface area contributed by atoms with E-state index >= 15 is 0 Å². The van der Waals surface area contributed by atoms with Gasteiger partial charge in [-0.05, 0) is 47.5 Å². The molecule has 7 nitrogen and oxygen atoms in total. The lowest BCUT2D eigenvalue weighted by atomic mass is 10.0. The summed E-state index contributed by atoms with van der Waals surface area (Å²) >= 11 is 12.4. The van der Waals surface area contributed by atoms with Crippen molar-refractivity contribution in [1.29, 1.82) is 0 Å². The average Bonchev–Trinajstić information content (AvgIpc) is 3.17. The highest BCUT2D eigenvalue weighted by Crippen LogP contribution is 2.34. The van der Waals surface area contributed by atoms with Crippen LogP contribution in [0.1, 0.15) is 22.0 Å². The Morgan fingerprint density at radius 2 is 1.85 bits per heavy atom. The number of nitrogens with one attached hydrogen (secondary N) is 1. The summed E-state index contributed by atoms with van der Waals surface area (Å²) in [6, 6.07) is 9.95. The van der Waals surface area contributed by atoms with E-state index in [1.165, 1.54) is 16.6 Å². The summed E-state index contributed by atoms with van der Waals surface area (Å²) in [6.07, 6.45) is -0.664. The fourth-order valence-electron chi connectivity index (χ4n) is 3.29. The predicted molar refractivity (Wildman–Crippen MR) is 121 cm³/mol. The Hall–Kier alpha value is -3.34. The van der Waals surface area contributed by atoms with E-state index < -0.39 is 30.3 Å². The molecule has 0 bridgehead atoms. The third-order valence-electron chi connectivity index (χ3n) is 5.04. The number of fused-ring (bicyclic) bond motifs is 1. The molecule has 0 fully saturated rings. The van der Waals surface area contributed by atoms with Crippen LogP contribution in [-0.4, -0.2) is 38.1 Å². The number of nitrogens with zero attached hydrogens (tertiary/aromatic N) is 3. The third-order valence-corrected chi connectivity index (χ3v) is 5.66. The summed E-state index contributed by atoms with van der Waals surface area (Å²) in [4.78, 5) is 16.7. The van der Waals surface area contributed by atoms with Crippen LogP contribution < -0.4 is 11.1 Å². The van der Waals surface area contributed by atoms with Crippen LogP contribution in [0.3, 0.4) is 0 Å². The van der Waals surface area contributed by atoms with E-state index in [0.29, 0.717) is 16.8 Å². The lowest BCUT2D eigenvalue weighted by Gasteiger charge is -2.23. The van der Waals surface area contributed by atoms with Gasteiger partial charge in [0.1, 0.15) is 11.9 Å². The number of benzene rings is 2. The van der Waals surface area contributed by atoms with Gasteiger partial charge in [-0.3, -0.25) is 4.79 Å². The minimum atomic E-state index is -3.74. The summed E-state index contributed by atoms with van der Waals surface area (Å²) in [7, 11) is 0. The topological polar surface area (TPSA) is 106 Å². The van der Waals surface area contributed by atoms with Crippen LogP contribution in [0.5, 0.6) is 0 Å². The fraction of sp³-hybridized carbons (Fsp3) is 0.136. The molecule has 176 valence electrons. The molecule has 0 aliphatic heterocycles. The van der Waals surface area contributed by atoms with Gasteiger partial charge >= 0.3 is 0 Å². The number of carbonyl (C=O) groups is 1. The predicted octanol–water partition coefficient (Wildman–Crippen LogP) is 4.52. The van der Waals surface area contributed by atoms with Crippen LogP contribution in [0.15, 0.2) is 54.7 Å². The number of anilines is 1. The number of aromatic nitrogens is 3. The molecule has 0 aliphatic carbocycles. The highest BCUT2D eigenvalue weighted by Gasteiger charge is 2.40. The quantitative estimate of drug-likeness (QED) is 0.354. The standard InChI is InChI=1S/C22H16Cl2F3N5O2/c23-16-9-17(24)15(8-14(16)12-5-6-32-18(7-12)30-21(28)31-32)20(34)29-10-22(26,27)19(33)11-1-3-13(25)4-2-11/h1-9,19,33H,10H2,(H2,28,31)(H,29,34)/t19-/m1/s1. The molecular formula is C22H16Cl2F3N5O2. The van der Waals surface area contributed by atoms with Crippen molar-refractivity contribution in [2.24, 2.45) is 0 Å². The Kier molecular flexibility index (Phi) is 6.39. The molecule has 0 spiro atoms. The Bertz CT molecular complexity index is 1380. The Morgan fingerprint density at radius 3 is 2.56 bits per heavy atom. The van der Waals surface area contributed by atoms with Gasteiger partial charge in [0.05, 0.1) is 17.1 Å². The molecule has 0 unspecified atom stereocenters. The number of alkyl halides is 2. The number of amides is 1. The van der Waals surface area contributed by atoms with Gasteiger partial charge in [-0.2, -0.15) is 4.98 Å². The molecule has 34 heavy (non-hydrogen) atoms. The fourth-order valence-corrected chi connectivity index (χ4v) is 3.87. The summed E-state index contributed by atoms with van der Waals surface area (Å²) in [6.45, 7) is -1.19. The van der Waals surface area contributed by atoms with Crippen molar-refractivity contribution in [3.8, 4) is 11.1 Å². The maximum absolute atomic E-state index is 14.5. The van der Waals surface area contributed by atoms with E-state index in [9.17, 15) is 23.1 Å². The van der Waals surface area contributed by atoms with Crippen molar-refractivity contribution >= 4 is 40.7 Å². The smallest absolute Gasteiger partial charge is 0.294 e. The normalized spacial score (nSPS) is 12.6. The summed E-state index contributed by atoms with van der Waals surface area (Å²) in [5.41, 5.74) is 6.69. The molecule has 2 aromatic heterocycles. The van der Waals surface area contributed by atoms with Crippen molar-refractivity contribution in [2.75, 3.05) is 12.3 Å². The summed E-state index contributed by atoms with van der Waals surface area (Å²) < 4.78 is 43.5. The second kappa shape index (κ2) is 9.13. The van der Waals surface area contributed by atoms with Crippen LogP contribution in [0.4, 0.5) is 19.1 Å². The maximum Gasteiger partial charge on any atom is 0.294 e. The number of aliphatic hydroxyl groups excluding tert-OH is 1. The minimum Gasteiger partial charge on any atom is -0.382 e. The first kappa shape index (κ1) is 23.8. The van der Waals surface area contributed by atoms with Gasteiger partial charge in [-0.15, -0.1) is 5.10 Å². The first-order valence-corrected chi connectivity index (χ1v) is 10.5. The van der Waals surface area contributed by atoms with Gasteiger partial charge in [0.15, 0.2) is 5.65 Å². The largest absolute Gasteiger partial charge is 0.382 e. The lowest BCUT2D eigenvalue weighted by Crippen LogP contribution is -2.40. The number of hydrogen-bond acceptors (Lipinski definition) is 5. The Balaban J connectivity index is 1.56. The molecule has 0 aliphatic rings. The number of halogens is 5. The molecule has 0 saturated carbocycles. The summed E-state index contributed by atoms with van der Waals surface area (Å²) in [5, 5.41) is 16.2. The Labute approximate surface area is 200 Å². The van der Waals surface area contributed by atoms with E-state index in [1.807, 2.05) is 0 Å². The van der Waals surface area contributed by atoms with Crippen LogP contribution in [-0.2, 0) is 0 Å². The van der Waals surface area contributed by atoms with Crippen LogP contribution in [0, 0.1) is 5.82 Å². The number of rotatable bonds is 6. The van der Waals surface area contributed by atoms with Crippen LogP contribution >= 0.6 is 23.2 Å². The van der Waals surface area contributed by atoms with Crippen molar-refractivity contribution < 1.29 is 23.1 Å². The second-order valence-electron chi connectivity index (χ2n) is 7.40. The highest BCUT2D eigenvalue weighted by atomic mass is 35.5. The van der Waals surface area contributed by atoms with Crippen molar-refractivity contribution in [1.82, 2.24) is 19.9 Å². The van der Waals surface area contributed by atoms with Gasteiger partial charge in [0.2, 0.25) is 5.95 Å². The minimum absolute atomic E-state index is 0.0542. The average molecular weight is 510 g/mol. The summed E-state index contributed by atoms with van der Waals surface area (Å²) in [5.74, 6) is -5.20. The SMILES string of the molecule is Nc1nc2cc(-c3cc(C(=O)NCC(F)(F)[C@H](O)c4ccc(F)cc4)c(Cl)cc3Cl)ccn2n1. The highest BCUT2D eigenvalue weighted by molar-refractivity contribution is 6.38. The number of carbonyl (C=O) groups excluding carboxylic acids is 1. The molecule has 1 atom stereocenters. The molecule has 1 amide bonds. The van der Waals surface area contributed by atoms with Crippen LogP contribution in [0.25, 0.3) is 16.8 Å². The van der Waals surface area contributed by atoms with Crippen molar-refractivity contribution in [2.45, 2.75) is 12.0 Å². The van der Waals surface area contributed by atoms with E-state index in [2.05, 4.69) is 15.4 Å². The van der Waals surface area contributed by atoms with Gasteiger partial charge in [0, 0.05) is 16.8 Å². The number of pyridine rings is 1. The number of hydrogen-bond donors (Lipinski definition) is 3. The molecule has 4 aromatic rings. The third kappa shape index (κ3) is 4.79. The maximum atomic E-state index is 14.5. The van der Waals surface area contributed by atoms with Crippen molar-refractivity contribution in [3.63, 3.8) is 0 Å². The van der Waals surface area contributed by atoms with Gasteiger partial charge < -0.3 is 16.2 Å². The van der Waals surface area contributed by atoms with E-state index in [4.69, 9.17) is 28.9 Å². The molecule has 12 heteroatoms. The molecule has 2 heterocycles. The van der Waals surface area contributed by atoms with Gasteiger partial charge in [-0.25, -0.2) is 17.7 Å². The van der Waals surface area contributed by atoms with Gasteiger partial charge in [0.25, 0.3) is 11.8 Å². The lowest BCUT2D eigenvalue weighted by molar-refractivity contribution is -0.106. The molecule has 0 saturated heterocycles. The number of aliphatic hydroxyl groups is 1. The second-order valence-corrected chi connectivity index (χ2v) is 8.21. The molecule has 4 N–H and O–H groups in total. The van der Waals surface area contributed by atoms with Gasteiger partial charge in [-0.1, -0.05) is 35.3 Å². The molecular weight excluding hydrogens is 494 g/mol. The van der Waals surface area contributed by atoms with E-state index in [-0.39, 0.29) is 27.1 Å². The zero-order chi connectivity index (χ0) is 24.6. The van der Waals surface area contributed by atoms with Crippen molar-refractivity contribution in [3.05, 3.63) is 81.7 Å². The molecule has 4 rings (SSSR count). The zero-order valence-corrected chi connectivity index (χ0v) is 18.7. The molecule has 2 aromatic carbocycles. The van der Waals surface area contributed by atoms with Crippen LogP contribution in [0.2, 0.25) is 10.0 Å². The van der Waals surface area contributed by atoms with E-state index in [0.717, 1.165) is 24.3 Å². The first-order chi connectivity index (χ1) is 16.0. The Morgan fingerprint density at radius 1 is 1.15 bits per heavy atom. The van der Waals surface area contributed by atoms with E-state index in [1.54, 1.807) is 18.3 Å².